The van der Waals surface area contributed by atoms with E-state index in [0.717, 1.165) is 5.56 Å². The summed E-state index contributed by atoms with van der Waals surface area (Å²) in [5.41, 5.74) is 0.761. The molecule has 0 radical (unpaired) electrons. The lowest BCUT2D eigenvalue weighted by molar-refractivity contribution is 0.0694. The number of aryl methyl sites for hydroxylation is 1. The van der Waals surface area contributed by atoms with E-state index in [2.05, 4.69) is 5.32 Å². The molecular weight excluding hydrogens is 314 g/mol. The zero-order chi connectivity index (χ0) is 17.7. The van der Waals surface area contributed by atoms with E-state index in [1.165, 1.54) is 13.2 Å². The van der Waals surface area contributed by atoms with Crippen molar-refractivity contribution in [3.8, 4) is 11.5 Å². The van der Waals surface area contributed by atoms with Crippen LogP contribution in [0.3, 0.4) is 0 Å². The number of aromatic carboxylic acids is 1. The van der Waals surface area contributed by atoms with Gasteiger partial charge in [-0.25, -0.2) is 4.79 Å². The lowest BCUT2D eigenvalue weighted by Gasteiger charge is -2.10. The Labute approximate surface area is 139 Å². The summed E-state index contributed by atoms with van der Waals surface area (Å²) in [7, 11) is 3.08. The molecular formula is C17H19NO6. The van der Waals surface area contributed by atoms with Crippen molar-refractivity contribution < 1.29 is 28.6 Å². The number of carboxylic acid groups (broad SMARTS) is 1. The number of amides is 1. The Morgan fingerprint density at radius 2 is 1.96 bits per heavy atom. The van der Waals surface area contributed by atoms with Crippen LogP contribution >= 0.6 is 0 Å². The molecule has 0 spiro atoms. The first kappa shape index (κ1) is 17.4. The molecule has 0 aliphatic heterocycles. The Morgan fingerprint density at radius 1 is 1.21 bits per heavy atom. The van der Waals surface area contributed by atoms with Gasteiger partial charge in [0.2, 0.25) is 0 Å². The van der Waals surface area contributed by atoms with Gasteiger partial charge >= 0.3 is 5.97 Å². The van der Waals surface area contributed by atoms with Gasteiger partial charge in [-0.05, 0) is 12.1 Å². The topological polar surface area (TPSA) is 98.0 Å². The minimum atomic E-state index is -1.12. The molecule has 1 heterocycles. The zero-order valence-corrected chi connectivity index (χ0v) is 13.7. The monoisotopic (exact) mass is 333 g/mol. The minimum Gasteiger partial charge on any atom is -0.497 e. The molecule has 0 aliphatic carbocycles. The van der Waals surface area contributed by atoms with E-state index in [1.54, 1.807) is 32.2 Å². The lowest BCUT2D eigenvalue weighted by Crippen LogP contribution is -2.22. The Balaban J connectivity index is 2.12. The van der Waals surface area contributed by atoms with E-state index in [9.17, 15) is 9.59 Å². The number of methoxy groups -OCH3 is 2. The summed E-state index contributed by atoms with van der Waals surface area (Å²) in [5.74, 6) is -0.144. The van der Waals surface area contributed by atoms with Crippen molar-refractivity contribution in [2.75, 3.05) is 14.2 Å². The van der Waals surface area contributed by atoms with Gasteiger partial charge in [-0.15, -0.1) is 0 Å². The largest absolute Gasteiger partial charge is 0.497 e. The fourth-order valence-electron chi connectivity index (χ4n) is 2.24. The Bertz CT molecular complexity index is 750. The highest BCUT2D eigenvalue weighted by Crippen LogP contribution is 2.24. The minimum absolute atomic E-state index is 0.00433. The standard InChI is InChI=1S/C17H19NO6/c1-4-13-12(17(20)21)8-15(24-13)16(19)18-9-10-5-6-11(22-2)7-14(10)23-3/h5-8H,4,9H2,1-3H3,(H,18,19)(H,20,21). The normalized spacial score (nSPS) is 10.3. The van der Waals surface area contributed by atoms with E-state index >= 15 is 0 Å². The van der Waals surface area contributed by atoms with E-state index in [4.69, 9.17) is 19.0 Å². The molecule has 2 N–H and O–H groups in total. The van der Waals surface area contributed by atoms with Gasteiger partial charge in [0.05, 0.1) is 14.2 Å². The first-order valence-electron chi connectivity index (χ1n) is 7.35. The van der Waals surface area contributed by atoms with Crippen molar-refractivity contribution in [3.05, 3.63) is 46.9 Å². The summed E-state index contributed by atoms with van der Waals surface area (Å²) in [6.07, 6.45) is 0.390. The van der Waals surface area contributed by atoms with Crippen LogP contribution in [0.15, 0.2) is 28.7 Å². The van der Waals surface area contributed by atoms with Gasteiger partial charge in [0.1, 0.15) is 22.8 Å². The van der Waals surface area contributed by atoms with Crippen molar-refractivity contribution in [1.29, 1.82) is 0 Å². The van der Waals surface area contributed by atoms with Crippen LogP contribution in [0.25, 0.3) is 0 Å². The third kappa shape index (κ3) is 3.68. The van der Waals surface area contributed by atoms with E-state index in [0.29, 0.717) is 17.9 Å². The van der Waals surface area contributed by atoms with Crippen LogP contribution in [0, 0.1) is 0 Å². The number of carbonyl (C=O) groups is 2. The molecule has 0 bridgehead atoms. The van der Waals surface area contributed by atoms with Crippen LogP contribution in [0.5, 0.6) is 11.5 Å². The molecule has 0 atom stereocenters. The van der Waals surface area contributed by atoms with Gasteiger partial charge < -0.3 is 24.3 Å². The van der Waals surface area contributed by atoms with Gasteiger partial charge in [0, 0.05) is 30.7 Å². The number of ether oxygens (including phenoxy) is 2. The number of carboxylic acids is 1. The van der Waals surface area contributed by atoms with Crippen LogP contribution < -0.4 is 14.8 Å². The number of hydrogen-bond acceptors (Lipinski definition) is 5. The molecule has 2 aromatic rings. The number of rotatable bonds is 7. The number of carbonyl (C=O) groups excluding carboxylic acids is 1. The number of nitrogens with one attached hydrogen (secondary N) is 1. The summed E-state index contributed by atoms with van der Waals surface area (Å²) in [6.45, 7) is 1.96. The van der Waals surface area contributed by atoms with Crippen molar-refractivity contribution in [3.63, 3.8) is 0 Å². The quantitative estimate of drug-likeness (QED) is 0.808. The smallest absolute Gasteiger partial charge is 0.339 e. The molecule has 0 aliphatic rings. The second-order valence-electron chi connectivity index (χ2n) is 4.97. The predicted octanol–water partition coefficient (Wildman–Crippen LogP) is 2.49. The maximum atomic E-state index is 12.2. The molecule has 0 saturated heterocycles. The maximum Gasteiger partial charge on any atom is 0.339 e. The first-order valence-corrected chi connectivity index (χ1v) is 7.35. The van der Waals surface area contributed by atoms with Crippen molar-refractivity contribution >= 4 is 11.9 Å². The Hall–Kier alpha value is -2.96. The SMILES string of the molecule is CCc1oc(C(=O)NCc2ccc(OC)cc2OC)cc1C(=O)O. The van der Waals surface area contributed by atoms with Crippen LogP contribution in [-0.2, 0) is 13.0 Å². The average Bonchev–Trinajstić information content (AvgIpc) is 3.04. The third-order valence-electron chi connectivity index (χ3n) is 3.52. The third-order valence-corrected chi connectivity index (χ3v) is 3.52. The summed E-state index contributed by atoms with van der Waals surface area (Å²) < 4.78 is 15.7. The number of furan rings is 1. The fourth-order valence-corrected chi connectivity index (χ4v) is 2.24. The zero-order valence-electron chi connectivity index (χ0n) is 13.7. The van der Waals surface area contributed by atoms with Crippen LogP contribution in [0.2, 0.25) is 0 Å². The van der Waals surface area contributed by atoms with Gasteiger partial charge in [-0.2, -0.15) is 0 Å². The molecule has 0 unspecified atom stereocenters. The summed E-state index contributed by atoms with van der Waals surface area (Å²) in [5, 5.41) is 11.8. The highest BCUT2D eigenvalue weighted by atomic mass is 16.5. The molecule has 7 heteroatoms. The number of benzene rings is 1. The highest BCUT2D eigenvalue weighted by molar-refractivity contribution is 5.96. The van der Waals surface area contributed by atoms with Crippen molar-refractivity contribution in [2.24, 2.45) is 0 Å². The summed E-state index contributed by atoms with van der Waals surface area (Å²) >= 11 is 0. The molecule has 1 aromatic carbocycles. The van der Waals surface area contributed by atoms with Gasteiger partial charge in [0.15, 0.2) is 5.76 Å². The molecule has 2 rings (SSSR count). The first-order chi connectivity index (χ1) is 11.5. The second kappa shape index (κ2) is 7.54. The number of hydrogen-bond donors (Lipinski definition) is 2. The van der Waals surface area contributed by atoms with Crippen molar-refractivity contribution in [1.82, 2.24) is 5.32 Å². The second-order valence-corrected chi connectivity index (χ2v) is 4.97. The molecule has 1 aromatic heterocycles. The fraction of sp³-hybridized carbons (Fsp3) is 0.294. The highest BCUT2D eigenvalue weighted by Gasteiger charge is 2.20. The predicted molar refractivity (Wildman–Crippen MR) is 85.8 cm³/mol. The molecule has 0 saturated carbocycles. The van der Waals surface area contributed by atoms with Crippen LogP contribution in [0.1, 0.15) is 39.2 Å². The molecule has 1 amide bonds. The van der Waals surface area contributed by atoms with Gasteiger partial charge in [0.25, 0.3) is 5.91 Å². The van der Waals surface area contributed by atoms with Gasteiger partial charge in [-0.3, -0.25) is 4.79 Å². The molecule has 24 heavy (non-hydrogen) atoms. The Kier molecular flexibility index (Phi) is 5.47. The van der Waals surface area contributed by atoms with E-state index in [-0.39, 0.29) is 23.6 Å². The average molecular weight is 333 g/mol. The molecule has 0 fully saturated rings. The lowest BCUT2D eigenvalue weighted by atomic mass is 10.2. The molecule has 7 nitrogen and oxygen atoms in total. The van der Waals surface area contributed by atoms with Crippen LogP contribution in [0.4, 0.5) is 0 Å². The van der Waals surface area contributed by atoms with E-state index < -0.39 is 11.9 Å². The van der Waals surface area contributed by atoms with Crippen LogP contribution in [-0.4, -0.2) is 31.2 Å². The van der Waals surface area contributed by atoms with Gasteiger partial charge in [-0.1, -0.05) is 6.92 Å². The maximum absolute atomic E-state index is 12.2. The van der Waals surface area contributed by atoms with E-state index in [1.807, 2.05) is 0 Å². The van der Waals surface area contributed by atoms with Crippen molar-refractivity contribution in [2.45, 2.75) is 19.9 Å². The summed E-state index contributed by atoms with van der Waals surface area (Å²) in [4.78, 5) is 23.3. The molecule has 128 valence electrons. The Morgan fingerprint density at radius 3 is 2.50 bits per heavy atom. The summed E-state index contributed by atoms with van der Waals surface area (Å²) in [6, 6.07) is 6.49.